The molecule has 0 aliphatic rings. The fourth-order valence-electron chi connectivity index (χ4n) is 2.40. The SMILES string of the molecule is O=C(NCCn1ncccc1=O)c1c[nH]c(=O)n(Cc2ccccn2)c1=O. The van der Waals surface area contributed by atoms with Gasteiger partial charge in [0.15, 0.2) is 0 Å². The van der Waals surface area contributed by atoms with Crippen molar-refractivity contribution in [2.75, 3.05) is 6.54 Å². The number of hydrogen-bond acceptors (Lipinski definition) is 6. The molecular formula is C17H16N6O4. The standard InChI is InChI=1S/C17H16N6O4/c24-14-5-3-7-21-23(14)9-8-19-15(25)13-10-20-17(27)22(16(13)26)11-12-4-1-2-6-18-12/h1-7,10H,8-9,11H2,(H,19,25)(H,20,27). The van der Waals surface area contributed by atoms with Crippen LogP contribution in [0.5, 0.6) is 0 Å². The minimum atomic E-state index is -0.725. The Morgan fingerprint density at radius 3 is 2.70 bits per heavy atom. The summed E-state index contributed by atoms with van der Waals surface area (Å²) in [6.07, 6.45) is 4.08. The second-order valence-corrected chi connectivity index (χ2v) is 5.56. The Bertz CT molecular complexity index is 1120. The van der Waals surface area contributed by atoms with Crippen LogP contribution in [0.2, 0.25) is 0 Å². The van der Waals surface area contributed by atoms with Crippen LogP contribution < -0.4 is 22.1 Å². The summed E-state index contributed by atoms with van der Waals surface area (Å²) in [6.45, 7) is 0.185. The third kappa shape index (κ3) is 4.24. The highest BCUT2D eigenvalue weighted by Gasteiger charge is 2.15. The summed E-state index contributed by atoms with van der Waals surface area (Å²) in [4.78, 5) is 54.8. The average molecular weight is 368 g/mol. The number of carbonyl (C=O) groups excluding carboxylic acids is 1. The molecule has 3 aromatic heterocycles. The third-order valence-electron chi connectivity index (χ3n) is 3.75. The van der Waals surface area contributed by atoms with Gasteiger partial charge >= 0.3 is 5.69 Å². The summed E-state index contributed by atoms with van der Waals surface area (Å²) in [5.74, 6) is -0.657. The minimum Gasteiger partial charge on any atom is -0.350 e. The number of H-pyrrole nitrogens is 1. The predicted molar refractivity (Wildman–Crippen MR) is 95.5 cm³/mol. The molecule has 0 radical (unpaired) electrons. The highest BCUT2D eigenvalue weighted by atomic mass is 16.2. The Morgan fingerprint density at radius 2 is 1.96 bits per heavy atom. The molecule has 0 aliphatic heterocycles. The summed E-state index contributed by atoms with van der Waals surface area (Å²) in [6, 6.07) is 7.99. The van der Waals surface area contributed by atoms with E-state index in [1.165, 1.54) is 23.0 Å². The topological polar surface area (TPSA) is 132 Å². The minimum absolute atomic E-state index is 0.0561. The lowest BCUT2D eigenvalue weighted by Gasteiger charge is -2.08. The fraction of sp³-hybridized carbons (Fsp3) is 0.176. The van der Waals surface area contributed by atoms with Crippen molar-refractivity contribution >= 4 is 5.91 Å². The van der Waals surface area contributed by atoms with Crippen molar-refractivity contribution in [1.29, 1.82) is 0 Å². The van der Waals surface area contributed by atoms with Gasteiger partial charge in [-0.1, -0.05) is 6.07 Å². The number of hydrogen-bond donors (Lipinski definition) is 2. The molecule has 3 heterocycles. The molecule has 138 valence electrons. The van der Waals surface area contributed by atoms with Gasteiger partial charge in [0.2, 0.25) is 0 Å². The highest BCUT2D eigenvalue weighted by molar-refractivity contribution is 5.93. The van der Waals surface area contributed by atoms with Crippen molar-refractivity contribution in [3.63, 3.8) is 0 Å². The number of amides is 1. The van der Waals surface area contributed by atoms with Gasteiger partial charge in [0.25, 0.3) is 17.0 Å². The van der Waals surface area contributed by atoms with Gasteiger partial charge in [-0.3, -0.25) is 23.9 Å². The Labute approximate surface area is 152 Å². The molecule has 0 atom stereocenters. The zero-order chi connectivity index (χ0) is 19.2. The molecule has 10 heteroatoms. The van der Waals surface area contributed by atoms with Crippen LogP contribution in [0.15, 0.2) is 63.3 Å². The first kappa shape index (κ1) is 18.0. The second kappa shape index (κ2) is 8.04. The van der Waals surface area contributed by atoms with Crippen LogP contribution in [0.3, 0.4) is 0 Å². The molecule has 0 saturated heterocycles. The number of nitrogens with zero attached hydrogens (tertiary/aromatic N) is 4. The van der Waals surface area contributed by atoms with E-state index in [9.17, 15) is 19.2 Å². The maximum atomic E-state index is 12.5. The molecule has 0 bridgehead atoms. The van der Waals surface area contributed by atoms with Gasteiger partial charge in [0.05, 0.1) is 18.8 Å². The van der Waals surface area contributed by atoms with E-state index in [1.54, 1.807) is 24.4 Å². The van der Waals surface area contributed by atoms with Crippen molar-refractivity contribution in [2.24, 2.45) is 0 Å². The number of nitrogens with one attached hydrogen (secondary N) is 2. The lowest BCUT2D eigenvalue weighted by atomic mass is 10.3. The van der Waals surface area contributed by atoms with Crippen molar-refractivity contribution in [3.05, 3.63) is 91.4 Å². The largest absolute Gasteiger partial charge is 0.350 e. The maximum Gasteiger partial charge on any atom is 0.328 e. The van der Waals surface area contributed by atoms with Crippen molar-refractivity contribution in [3.8, 4) is 0 Å². The summed E-state index contributed by atoms with van der Waals surface area (Å²) in [5.41, 5.74) is -1.36. The number of pyridine rings is 1. The van der Waals surface area contributed by atoms with E-state index < -0.39 is 17.2 Å². The molecule has 27 heavy (non-hydrogen) atoms. The Morgan fingerprint density at radius 1 is 1.11 bits per heavy atom. The molecule has 0 unspecified atom stereocenters. The first-order valence-electron chi connectivity index (χ1n) is 8.09. The molecule has 0 aromatic carbocycles. The first-order valence-corrected chi connectivity index (χ1v) is 8.09. The molecule has 0 saturated carbocycles. The Kier molecular flexibility index (Phi) is 5.36. The zero-order valence-electron chi connectivity index (χ0n) is 14.2. The molecule has 0 aliphatic carbocycles. The Balaban J connectivity index is 1.74. The molecule has 3 aromatic rings. The molecular weight excluding hydrogens is 352 g/mol. The lowest BCUT2D eigenvalue weighted by molar-refractivity contribution is 0.0949. The third-order valence-corrected chi connectivity index (χ3v) is 3.75. The van der Waals surface area contributed by atoms with Crippen LogP contribution in [-0.4, -0.2) is 36.8 Å². The fourth-order valence-corrected chi connectivity index (χ4v) is 2.40. The van der Waals surface area contributed by atoms with Gasteiger partial charge in [-0.05, 0) is 18.2 Å². The van der Waals surface area contributed by atoms with Gasteiger partial charge in [-0.25, -0.2) is 9.48 Å². The molecule has 3 rings (SSSR count). The number of aromatic amines is 1. The van der Waals surface area contributed by atoms with Gasteiger partial charge in [0, 0.05) is 31.2 Å². The highest BCUT2D eigenvalue weighted by Crippen LogP contribution is 1.95. The van der Waals surface area contributed by atoms with Crippen LogP contribution in [0.25, 0.3) is 0 Å². The van der Waals surface area contributed by atoms with E-state index in [0.29, 0.717) is 5.69 Å². The van der Waals surface area contributed by atoms with Crippen LogP contribution in [0, 0.1) is 0 Å². The average Bonchev–Trinajstić information content (AvgIpc) is 2.67. The van der Waals surface area contributed by atoms with Gasteiger partial charge in [0.1, 0.15) is 5.56 Å². The van der Waals surface area contributed by atoms with Gasteiger partial charge in [-0.2, -0.15) is 5.10 Å². The van der Waals surface area contributed by atoms with Crippen LogP contribution in [0.1, 0.15) is 16.1 Å². The van der Waals surface area contributed by atoms with E-state index in [0.717, 1.165) is 10.8 Å². The zero-order valence-corrected chi connectivity index (χ0v) is 14.2. The first-order chi connectivity index (χ1) is 13.1. The number of rotatable bonds is 6. The van der Waals surface area contributed by atoms with Crippen molar-refractivity contribution < 1.29 is 4.79 Å². The van der Waals surface area contributed by atoms with Crippen LogP contribution in [0.4, 0.5) is 0 Å². The summed E-state index contributed by atoms with van der Waals surface area (Å²) >= 11 is 0. The molecule has 2 N–H and O–H groups in total. The monoisotopic (exact) mass is 368 g/mol. The molecule has 1 amide bonds. The van der Waals surface area contributed by atoms with Crippen LogP contribution in [-0.2, 0) is 13.1 Å². The van der Waals surface area contributed by atoms with E-state index in [1.807, 2.05) is 0 Å². The quantitative estimate of drug-likeness (QED) is 0.572. The molecule has 0 spiro atoms. The van der Waals surface area contributed by atoms with Gasteiger partial charge < -0.3 is 10.3 Å². The smallest absolute Gasteiger partial charge is 0.328 e. The van der Waals surface area contributed by atoms with Crippen molar-refractivity contribution in [2.45, 2.75) is 13.1 Å². The molecule has 0 fully saturated rings. The molecule has 10 nitrogen and oxygen atoms in total. The van der Waals surface area contributed by atoms with E-state index in [-0.39, 0.29) is 30.8 Å². The Hall–Kier alpha value is -3.82. The lowest BCUT2D eigenvalue weighted by Crippen LogP contribution is -2.41. The van der Waals surface area contributed by atoms with E-state index in [4.69, 9.17) is 0 Å². The number of aromatic nitrogens is 5. The van der Waals surface area contributed by atoms with Crippen molar-refractivity contribution in [1.82, 2.24) is 29.6 Å². The van der Waals surface area contributed by atoms with Crippen LogP contribution >= 0.6 is 0 Å². The van der Waals surface area contributed by atoms with Gasteiger partial charge in [-0.15, -0.1) is 0 Å². The predicted octanol–water partition coefficient (Wildman–Crippen LogP) is -1.03. The van der Waals surface area contributed by atoms with E-state index >= 15 is 0 Å². The second-order valence-electron chi connectivity index (χ2n) is 5.56. The number of carbonyl (C=O) groups is 1. The summed E-state index contributed by atoms with van der Waals surface area (Å²) in [5, 5.41) is 6.41. The maximum absolute atomic E-state index is 12.5. The normalized spacial score (nSPS) is 10.5. The summed E-state index contributed by atoms with van der Waals surface area (Å²) in [7, 11) is 0. The summed E-state index contributed by atoms with van der Waals surface area (Å²) < 4.78 is 2.09. The van der Waals surface area contributed by atoms with E-state index in [2.05, 4.69) is 20.4 Å².